The average molecular weight is 282 g/mol. The number of aryl methyl sites for hydroxylation is 1. The molecule has 0 spiro atoms. The van der Waals surface area contributed by atoms with Crippen molar-refractivity contribution in [1.29, 1.82) is 0 Å². The molecule has 2 atom stereocenters. The predicted molar refractivity (Wildman–Crippen MR) is 86.7 cm³/mol. The third-order valence-electron chi connectivity index (χ3n) is 3.14. The molecule has 0 aromatic carbocycles. The second kappa shape index (κ2) is 7.41. The van der Waals surface area contributed by atoms with Crippen molar-refractivity contribution in [3.63, 3.8) is 0 Å². The molecule has 0 aliphatic carbocycles. The van der Waals surface area contributed by atoms with E-state index in [0.29, 0.717) is 17.9 Å². The molecule has 0 fully saturated rings. The molecule has 2 N–H and O–H groups in total. The Kier molecular flexibility index (Phi) is 6.51. The monoisotopic (exact) mass is 282 g/mol. The van der Waals surface area contributed by atoms with Gasteiger partial charge in [-0.05, 0) is 37.8 Å². The number of rotatable bonds is 7. The summed E-state index contributed by atoms with van der Waals surface area (Å²) in [6.07, 6.45) is 0. The molecule has 1 aromatic heterocycles. The van der Waals surface area contributed by atoms with Gasteiger partial charge < -0.3 is 5.73 Å². The molecule has 1 heterocycles. The van der Waals surface area contributed by atoms with Crippen LogP contribution in [0.1, 0.15) is 50.4 Å². The predicted octanol–water partition coefficient (Wildman–Crippen LogP) is 4.06. The molecule has 1 aromatic rings. The van der Waals surface area contributed by atoms with E-state index in [9.17, 15) is 0 Å². The van der Waals surface area contributed by atoms with Crippen molar-refractivity contribution in [1.82, 2.24) is 4.90 Å². The minimum absolute atomic E-state index is 0.163. The smallest absolute Gasteiger partial charge is 0.0591 e. The Balaban J connectivity index is 2.97. The number of nitrogens with two attached hydrogens (primary N) is 1. The quantitative estimate of drug-likeness (QED) is 0.817. The van der Waals surface area contributed by atoms with Crippen LogP contribution in [0.25, 0.3) is 0 Å². The summed E-state index contributed by atoms with van der Waals surface area (Å²) >= 11 is 1.89. The summed E-state index contributed by atoms with van der Waals surface area (Å²) in [6.45, 7) is 15.7. The van der Waals surface area contributed by atoms with Crippen LogP contribution in [0.3, 0.4) is 0 Å². The van der Waals surface area contributed by atoms with Gasteiger partial charge in [0.1, 0.15) is 0 Å². The Hall–Kier alpha value is -0.380. The molecule has 0 bridgehead atoms. The highest BCUT2D eigenvalue weighted by Crippen LogP contribution is 2.30. The minimum Gasteiger partial charge on any atom is -0.326 e. The number of thiophene rings is 1. The minimum atomic E-state index is 0.163. The first kappa shape index (κ1) is 16.7. The summed E-state index contributed by atoms with van der Waals surface area (Å²) in [5, 5.41) is 0. The lowest BCUT2D eigenvalue weighted by molar-refractivity contribution is 0.142. The summed E-state index contributed by atoms with van der Waals surface area (Å²) in [5.41, 5.74) is 6.30. The van der Waals surface area contributed by atoms with E-state index >= 15 is 0 Å². The van der Waals surface area contributed by atoms with Crippen molar-refractivity contribution < 1.29 is 0 Å². The summed E-state index contributed by atoms with van der Waals surface area (Å²) < 4.78 is 0. The fraction of sp³-hybridized carbons (Fsp3) is 0.750. The lowest BCUT2D eigenvalue weighted by Crippen LogP contribution is -2.42. The largest absolute Gasteiger partial charge is 0.326 e. The second-order valence-electron chi connectivity index (χ2n) is 6.49. The van der Waals surface area contributed by atoms with Gasteiger partial charge in [0.2, 0.25) is 0 Å². The summed E-state index contributed by atoms with van der Waals surface area (Å²) in [6, 6.07) is 4.97. The van der Waals surface area contributed by atoms with Gasteiger partial charge in [-0.25, -0.2) is 0 Å². The third-order valence-corrected chi connectivity index (χ3v) is 4.21. The number of nitrogens with zero attached hydrogens (tertiary/aromatic N) is 1. The maximum absolute atomic E-state index is 6.30. The first-order chi connectivity index (χ1) is 8.81. The van der Waals surface area contributed by atoms with Gasteiger partial charge >= 0.3 is 0 Å². The molecule has 2 nitrogen and oxygen atoms in total. The van der Waals surface area contributed by atoms with E-state index in [0.717, 1.165) is 13.1 Å². The lowest BCUT2D eigenvalue weighted by atomic mass is 10.0. The highest BCUT2D eigenvalue weighted by atomic mass is 32.1. The van der Waals surface area contributed by atoms with Crippen LogP contribution in [-0.4, -0.2) is 24.0 Å². The van der Waals surface area contributed by atoms with Gasteiger partial charge in [0.25, 0.3) is 0 Å². The summed E-state index contributed by atoms with van der Waals surface area (Å²) in [4.78, 5) is 5.36. The molecule has 0 aliphatic heterocycles. The molecule has 0 saturated heterocycles. The van der Waals surface area contributed by atoms with E-state index < -0.39 is 0 Å². The molecule has 0 saturated carbocycles. The summed E-state index contributed by atoms with van der Waals surface area (Å²) in [7, 11) is 0. The molecule has 110 valence electrons. The molecule has 0 aliphatic rings. The fourth-order valence-electron chi connectivity index (χ4n) is 2.62. The van der Waals surface area contributed by atoms with Gasteiger partial charge in [0.15, 0.2) is 0 Å². The van der Waals surface area contributed by atoms with Crippen molar-refractivity contribution in [3.8, 4) is 0 Å². The Labute approximate surface area is 123 Å². The lowest BCUT2D eigenvalue weighted by Gasteiger charge is -2.36. The fourth-order valence-corrected chi connectivity index (χ4v) is 3.75. The van der Waals surface area contributed by atoms with Gasteiger partial charge in [0, 0.05) is 28.9 Å². The van der Waals surface area contributed by atoms with Crippen LogP contribution in [0.4, 0.5) is 0 Å². The average Bonchev–Trinajstić information content (AvgIpc) is 2.62. The zero-order valence-corrected chi connectivity index (χ0v) is 14.1. The van der Waals surface area contributed by atoms with Gasteiger partial charge in [-0.3, -0.25) is 4.90 Å². The van der Waals surface area contributed by atoms with Gasteiger partial charge in [-0.15, -0.1) is 11.3 Å². The van der Waals surface area contributed by atoms with E-state index in [1.807, 2.05) is 11.3 Å². The van der Waals surface area contributed by atoms with Crippen molar-refractivity contribution in [2.75, 3.05) is 13.1 Å². The van der Waals surface area contributed by atoms with Crippen LogP contribution in [-0.2, 0) is 0 Å². The molecule has 3 heteroatoms. The van der Waals surface area contributed by atoms with E-state index in [-0.39, 0.29) is 6.04 Å². The molecular formula is C16H30N2S. The first-order valence-electron chi connectivity index (χ1n) is 7.37. The zero-order valence-electron chi connectivity index (χ0n) is 13.3. The van der Waals surface area contributed by atoms with Crippen LogP contribution in [0.15, 0.2) is 12.1 Å². The highest BCUT2D eigenvalue weighted by molar-refractivity contribution is 7.12. The molecule has 2 unspecified atom stereocenters. The van der Waals surface area contributed by atoms with Crippen LogP contribution in [0.5, 0.6) is 0 Å². The van der Waals surface area contributed by atoms with Gasteiger partial charge in [0.05, 0.1) is 6.04 Å². The van der Waals surface area contributed by atoms with Crippen molar-refractivity contribution in [2.24, 2.45) is 17.6 Å². The van der Waals surface area contributed by atoms with E-state index in [2.05, 4.69) is 58.6 Å². The van der Waals surface area contributed by atoms with Crippen molar-refractivity contribution in [2.45, 2.75) is 53.6 Å². The SMILES string of the molecule is Cc1ccc(C(C(C)N)N(CC(C)C)CC(C)C)s1. The van der Waals surface area contributed by atoms with Crippen molar-refractivity contribution >= 4 is 11.3 Å². The van der Waals surface area contributed by atoms with Crippen LogP contribution >= 0.6 is 11.3 Å². The molecular weight excluding hydrogens is 252 g/mol. The third kappa shape index (κ3) is 5.25. The van der Waals surface area contributed by atoms with E-state index in [1.54, 1.807) is 0 Å². The first-order valence-corrected chi connectivity index (χ1v) is 8.18. The molecule has 19 heavy (non-hydrogen) atoms. The molecule has 1 rings (SSSR count). The van der Waals surface area contributed by atoms with Crippen LogP contribution in [0, 0.1) is 18.8 Å². The highest BCUT2D eigenvalue weighted by Gasteiger charge is 2.26. The van der Waals surface area contributed by atoms with Gasteiger partial charge in [-0.1, -0.05) is 27.7 Å². The van der Waals surface area contributed by atoms with Crippen molar-refractivity contribution in [3.05, 3.63) is 21.9 Å². The molecule has 0 radical (unpaired) electrons. The van der Waals surface area contributed by atoms with Crippen LogP contribution in [0.2, 0.25) is 0 Å². The standard InChI is InChI=1S/C16H30N2S/c1-11(2)9-18(10-12(3)4)16(14(6)17)15-8-7-13(5)19-15/h7-8,11-12,14,16H,9-10,17H2,1-6H3. The van der Waals surface area contributed by atoms with Crippen LogP contribution < -0.4 is 5.73 Å². The Morgan fingerprint density at radius 3 is 1.89 bits per heavy atom. The Morgan fingerprint density at radius 2 is 1.58 bits per heavy atom. The summed E-state index contributed by atoms with van der Waals surface area (Å²) in [5.74, 6) is 1.34. The topological polar surface area (TPSA) is 29.3 Å². The maximum Gasteiger partial charge on any atom is 0.0591 e. The van der Waals surface area contributed by atoms with E-state index in [4.69, 9.17) is 5.73 Å². The molecule has 0 amide bonds. The number of hydrogen-bond acceptors (Lipinski definition) is 3. The zero-order chi connectivity index (χ0) is 14.6. The maximum atomic E-state index is 6.30. The van der Waals surface area contributed by atoms with Gasteiger partial charge in [-0.2, -0.15) is 0 Å². The Morgan fingerprint density at radius 1 is 1.05 bits per heavy atom. The second-order valence-corrected chi connectivity index (χ2v) is 7.81. The number of hydrogen-bond donors (Lipinski definition) is 1. The Bertz CT molecular complexity index is 359. The van der Waals surface area contributed by atoms with E-state index in [1.165, 1.54) is 9.75 Å². The normalized spacial score (nSPS) is 15.5.